The molecule has 2 rings (SSSR count). The number of halogens is 2. The molecule has 2 amide bonds. The van der Waals surface area contributed by atoms with Crippen molar-refractivity contribution in [3.05, 3.63) is 58.9 Å². The van der Waals surface area contributed by atoms with Crippen LogP contribution in [0.1, 0.15) is 43.9 Å². The van der Waals surface area contributed by atoms with Gasteiger partial charge in [-0.3, -0.25) is 14.4 Å². The molecule has 0 saturated heterocycles. The fourth-order valence-corrected chi connectivity index (χ4v) is 2.84. The van der Waals surface area contributed by atoms with Crippen molar-refractivity contribution in [3.63, 3.8) is 0 Å². The highest BCUT2D eigenvalue weighted by molar-refractivity contribution is 6.30. The maximum Gasteiger partial charge on any atom is 0.328 e. The summed E-state index contributed by atoms with van der Waals surface area (Å²) in [6.45, 7) is 2.11. The molecule has 0 aliphatic carbocycles. The number of hydrogen-bond donors (Lipinski definition) is 2. The molecule has 0 fully saturated rings. The van der Waals surface area contributed by atoms with E-state index in [2.05, 4.69) is 20.4 Å². The molecule has 0 aliphatic rings. The first kappa shape index (κ1) is 22.6. The highest BCUT2D eigenvalue weighted by Gasteiger charge is 2.21. The minimum Gasteiger partial charge on any atom is -0.468 e. The maximum atomic E-state index is 12.8. The second-order valence-corrected chi connectivity index (χ2v) is 6.93. The predicted molar refractivity (Wildman–Crippen MR) is 112 cm³/mol. The molecule has 7 nitrogen and oxygen atoms in total. The summed E-state index contributed by atoms with van der Waals surface area (Å²) in [5.74, 6) is -1.16. The van der Waals surface area contributed by atoms with Crippen molar-refractivity contribution in [2.45, 2.75) is 18.7 Å². The Kier molecular flexibility index (Phi) is 8.42. The minimum absolute atomic E-state index is 0.0259. The number of nitrogens with zero attached hydrogens (tertiary/aromatic N) is 1. The van der Waals surface area contributed by atoms with E-state index >= 15 is 0 Å². The van der Waals surface area contributed by atoms with Gasteiger partial charge in [-0.05, 0) is 43.2 Å². The molecule has 0 spiro atoms. The third-order valence-corrected chi connectivity index (χ3v) is 4.63. The Bertz CT molecular complexity index is 905. The van der Waals surface area contributed by atoms with E-state index in [1.165, 1.54) is 13.2 Å². The molecule has 154 valence electrons. The Morgan fingerprint density at radius 2 is 1.93 bits per heavy atom. The number of alkyl halides is 2. The van der Waals surface area contributed by atoms with Crippen LogP contribution in [0, 0.1) is 6.92 Å². The van der Waals surface area contributed by atoms with Gasteiger partial charge in [0, 0.05) is 23.8 Å². The van der Waals surface area contributed by atoms with Crippen molar-refractivity contribution in [2.75, 3.05) is 24.9 Å². The first-order chi connectivity index (χ1) is 13.9. The number of pyridine rings is 1. The minimum atomic E-state index is -0.999. The van der Waals surface area contributed by atoms with Gasteiger partial charge in [0.15, 0.2) is 5.38 Å². The Hall–Kier alpha value is -2.64. The van der Waals surface area contributed by atoms with Gasteiger partial charge in [-0.1, -0.05) is 12.1 Å². The van der Waals surface area contributed by atoms with Crippen LogP contribution in [0.3, 0.4) is 0 Å². The van der Waals surface area contributed by atoms with Crippen molar-refractivity contribution in [1.29, 1.82) is 0 Å². The summed E-state index contributed by atoms with van der Waals surface area (Å²) in [6, 6.07) is 9.69. The highest BCUT2D eigenvalue weighted by atomic mass is 35.5. The molecule has 2 aromatic rings. The number of aromatic nitrogens is 1. The average molecular weight is 438 g/mol. The van der Waals surface area contributed by atoms with Crippen molar-refractivity contribution in [2.24, 2.45) is 0 Å². The molecular weight excluding hydrogens is 417 g/mol. The van der Waals surface area contributed by atoms with Gasteiger partial charge in [0.05, 0.1) is 12.7 Å². The number of nitrogens with one attached hydrogen (secondary N) is 2. The third-order valence-electron chi connectivity index (χ3n) is 3.94. The number of esters is 1. The maximum absolute atomic E-state index is 12.8. The summed E-state index contributed by atoms with van der Waals surface area (Å²) in [7, 11) is 1.24. The van der Waals surface area contributed by atoms with Gasteiger partial charge >= 0.3 is 5.97 Å². The molecule has 29 heavy (non-hydrogen) atoms. The van der Waals surface area contributed by atoms with E-state index in [0.29, 0.717) is 35.8 Å². The number of aryl methyl sites for hydroxylation is 1. The summed E-state index contributed by atoms with van der Waals surface area (Å²) in [6.07, 6.45) is 0.604. The number of anilines is 1. The molecule has 0 aliphatic heterocycles. The zero-order chi connectivity index (χ0) is 21.4. The van der Waals surface area contributed by atoms with Crippen LogP contribution >= 0.6 is 23.2 Å². The van der Waals surface area contributed by atoms with Crippen LogP contribution < -0.4 is 10.6 Å². The lowest BCUT2D eigenvalue weighted by molar-refractivity contribution is -0.140. The lowest BCUT2D eigenvalue weighted by Gasteiger charge is -2.12. The number of hydrogen-bond acceptors (Lipinski definition) is 5. The second-order valence-electron chi connectivity index (χ2n) is 6.11. The average Bonchev–Trinajstić information content (AvgIpc) is 2.72. The number of rotatable bonds is 8. The van der Waals surface area contributed by atoms with E-state index in [4.69, 9.17) is 23.2 Å². The highest BCUT2D eigenvalue weighted by Crippen LogP contribution is 2.24. The Balaban J connectivity index is 2.23. The molecule has 9 heteroatoms. The normalized spacial score (nSPS) is 11.4. The largest absolute Gasteiger partial charge is 0.468 e. The molecular formula is C20H21Cl2N3O4. The predicted octanol–water partition coefficient (Wildman–Crippen LogP) is 3.45. The zero-order valence-electron chi connectivity index (χ0n) is 16.0. The van der Waals surface area contributed by atoms with Crippen LogP contribution in [0.4, 0.5) is 5.69 Å². The number of benzene rings is 1. The van der Waals surface area contributed by atoms with Crippen LogP contribution in [-0.4, -0.2) is 42.3 Å². The first-order valence-corrected chi connectivity index (χ1v) is 9.79. The van der Waals surface area contributed by atoms with Gasteiger partial charge in [0.1, 0.15) is 5.69 Å². The number of methoxy groups -OCH3 is 1. The van der Waals surface area contributed by atoms with Crippen molar-refractivity contribution in [3.8, 4) is 0 Å². The van der Waals surface area contributed by atoms with Gasteiger partial charge in [-0.15, -0.1) is 23.2 Å². The molecule has 0 saturated carbocycles. The lowest BCUT2D eigenvalue weighted by atomic mass is 10.1. The fourth-order valence-electron chi connectivity index (χ4n) is 2.48. The SMILES string of the molecule is COC(=O)C(Cl)c1cccc(NC(=O)c2ccc(C)nc2C(=O)NCCCCl)c1. The number of amides is 2. The van der Waals surface area contributed by atoms with E-state index in [0.717, 1.165) is 0 Å². The molecule has 0 bridgehead atoms. The zero-order valence-corrected chi connectivity index (χ0v) is 17.5. The standard InChI is InChI=1S/C20H21Cl2N3O4/c1-12-7-8-15(17(24-12)19(27)23-10-4-9-21)18(26)25-14-6-3-5-13(11-14)16(22)20(28)29-2/h3,5-8,11,16H,4,9-10H2,1-2H3,(H,23,27)(H,25,26). The van der Waals surface area contributed by atoms with E-state index < -0.39 is 23.2 Å². The van der Waals surface area contributed by atoms with Gasteiger partial charge in [-0.25, -0.2) is 4.98 Å². The van der Waals surface area contributed by atoms with Gasteiger partial charge < -0.3 is 15.4 Å². The van der Waals surface area contributed by atoms with Crippen LogP contribution in [0.15, 0.2) is 36.4 Å². The molecule has 2 N–H and O–H groups in total. The Morgan fingerprint density at radius 1 is 1.17 bits per heavy atom. The third kappa shape index (κ3) is 6.17. The molecule has 0 radical (unpaired) electrons. The van der Waals surface area contributed by atoms with Crippen molar-refractivity contribution in [1.82, 2.24) is 10.3 Å². The first-order valence-electron chi connectivity index (χ1n) is 8.82. The van der Waals surface area contributed by atoms with Gasteiger partial charge in [0.2, 0.25) is 0 Å². The van der Waals surface area contributed by atoms with E-state index in [1.807, 2.05) is 0 Å². The summed E-state index contributed by atoms with van der Waals surface area (Å²) >= 11 is 11.7. The molecule has 1 aromatic heterocycles. The lowest BCUT2D eigenvalue weighted by Crippen LogP contribution is -2.29. The van der Waals surface area contributed by atoms with Crippen LogP contribution in [0.2, 0.25) is 0 Å². The number of carbonyl (C=O) groups excluding carboxylic acids is 3. The van der Waals surface area contributed by atoms with E-state index in [1.54, 1.807) is 37.3 Å². The molecule has 1 atom stereocenters. The Labute approximate surface area is 178 Å². The fraction of sp³-hybridized carbons (Fsp3) is 0.300. The second kappa shape index (κ2) is 10.8. The number of ether oxygens (including phenoxy) is 1. The van der Waals surface area contributed by atoms with E-state index in [9.17, 15) is 14.4 Å². The Morgan fingerprint density at radius 3 is 2.62 bits per heavy atom. The van der Waals surface area contributed by atoms with Gasteiger partial charge in [0.25, 0.3) is 11.8 Å². The van der Waals surface area contributed by atoms with Crippen LogP contribution in [-0.2, 0) is 9.53 Å². The summed E-state index contributed by atoms with van der Waals surface area (Å²) in [4.78, 5) is 41.0. The van der Waals surface area contributed by atoms with Crippen molar-refractivity contribution < 1.29 is 19.1 Å². The molecule has 1 heterocycles. The quantitative estimate of drug-likeness (QED) is 0.374. The topological polar surface area (TPSA) is 97.4 Å². The molecule has 1 unspecified atom stereocenters. The monoisotopic (exact) mass is 437 g/mol. The van der Waals surface area contributed by atoms with Gasteiger partial charge in [-0.2, -0.15) is 0 Å². The smallest absolute Gasteiger partial charge is 0.328 e. The summed E-state index contributed by atoms with van der Waals surface area (Å²) < 4.78 is 4.63. The van der Waals surface area contributed by atoms with Crippen LogP contribution in [0.5, 0.6) is 0 Å². The summed E-state index contributed by atoms with van der Waals surface area (Å²) in [5.41, 5.74) is 1.64. The number of carbonyl (C=O) groups is 3. The summed E-state index contributed by atoms with van der Waals surface area (Å²) in [5, 5.41) is 4.40. The van der Waals surface area contributed by atoms with E-state index in [-0.39, 0.29) is 11.3 Å². The van der Waals surface area contributed by atoms with Crippen molar-refractivity contribution >= 4 is 46.7 Å². The van der Waals surface area contributed by atoms with Crippen LogP contribution in [0.25, 0.3) is 0 Å². The molecule has 1 aromatic carbocycles.